The number of amides is 1. The number of piperazine rings is 1. The van der Waals surface area contributed by atoms with Gasteiger partial charge in [0.1, 0.15) is 5.65 Å². The van der Waals surface area contributed by atoms with Crippen LogP contribution in [0.5, 0.6) is 0 Å². The van der Waals surface area contributed by atoms with Crippen LogP contribution in [0.15, 0.2) is 44.7 Å². The molecule has 0 saturated carbocycles. The highest BCUT2D eigenvalue weighted by atomic mass is 35.5. The molecule has 0 aliphatic carbocycles. The molecular weight excluding hydrogens is 446 g/mol. The van der Waals surface area contributed by atoms with Crippen LogP contribution in [0, 0.1) is 0 Å². The lowest BCUT2D eigenvalue weighted by atomic mass is 10.1. The van der Waals surface area contributed by atoms with Gasteiger partial charge in [0.05, 0.1) is 10.9 Å². The van der Waals surface area contributed by atoms with Gasteiger partial charge in [-0.05, 0) is 38.1 Å². The van der Waals surface area contributed by atoms with Crippen molar-refractivity contribution in [2.24, 2.45) is 7.05 Å². The van der Waals surface area contributed by atoms with Crippen LogP contribution in [0.4, 0.5) is 5.69 Å². The van der Waals surface area contributed by atoms with E-state index in [1.54, 1.807) is 18.7 Å². The van der Waals surface area contributed by atoms with Crippen molar-refractivity contribution in [2.45, 2.75) is 26.9 Å². The highest BCUT2D eigenvalue weighted by Gasteiger charge is 2.27. The number of hydrogen-bond donors (Lipinski definition) is 0. The molecule has 0 spiro atoms. The van der Waals surface area contributed by atoms with Gasteiger partial charge in [0.15, 0.2) is 0 Å². The van der Waals surface area contributed by atoms with Gasteiger partial charge in [-0.2, -0.15) is 0 Å². The Bertz CT molecular complexity index is 1400. The molecule has 1 aromatic carbocycles. The van der Waals surface area contributed by atoms with Gasteiger partial charge in [-0.25, -0.2) is 4.79 Å². The number of carbonyl (C=O) groups excluding carboxylic acids is 1. The third-order valence-corrected chi connectivity index (χ3v) is 6.45. The minimum Gasteiger partial charge on any atom is -0.368 e. The molecule has 33 heavy (non-hydrogen) atoms. The molecule has 0 bridgehead atoms. The van der Waals surface area contributed by atoms with E-state index in [1.165, 1.54) is 22.2 Å². The zero-order chi connectivity index (χ0) is 23.9. The number of halogens is 1. The summed E-state index contributed by atoms with van der Waals surface area (Å²) >= 11 is 5.97. The van der Waals surface area contributed by atoms with Gasteiger partial charge in [0, 0.05) is 63.1 Å². The lowest BCUT2D eigenvalue weighted by molar-refractivity contribution is 0.0748. The summed E-state index contributed by atoms with van der Waals surface area (Å²) in [6.07, 6.45) is 0. The summed E-state index contributed by atoms with van der Waals surface area (Å²) in [7, 11) is 1.51. The van der Waals surface area contributed by atoms with Crippen molar-refractivity contribution in [3.05, 3.63) is 72.1 Å². The molecule has 10 heteroatoms. The lowest BCUT2D eigenvalue weighted by Crippen LogP contribution is -2.49. The average molecular weight is 472 g/mol. The number of nitrogens with zero attached hydrogens (tertiary/aromatic N) is 5. The molecule has 1 saturated heterocycles. The fourth-order valence-electron chi connectivity index (χ4n) is 4.43. The molecule has 1 aliphatic heterocycles. The van der Waals surface area contributed by atoms with E-state index >= 15 is 0 Å². The smallest absolute Gasteiger partial charge is 0.332 e. The van der Waals surface area contributed by atoms with Gasteiger partial charge in [0.25, 0.3) is 17.0 Å². The fraction of sp³-hybridized carbons (Fsp3) is 0.391. The van der Waals surface area contributed by atoms with E-state index in [4.69, 9.17) is 11.6 Å². The summed E-state index contributed by atoms with van der Waals surface area (Å²) in [6.45, 7) is 5.98. The van der Waals surface area contributed by atoms with Crippen LogP contribution < -0.4 is 21.7 Å². The normalized spacial score (nSPS) is 14.2. The lowest BCUT2D eigenvalue weighted by Gasteiger charge is -2.36. The average Bonchev–Trinajstić information content (AvgIpc) is 2.82. The van der Waals surface area contributed by atoms with Crippen LogP contribution in [-0.2, 0) is 20.1 Å². The minimum atomic E-state index is -0.555. The maximum atomic E-state index is 13.5. The number of anilines is 1. The molecule has 2 aromatic heterocycles. The van der Waals surface area contributed by atoms with Crippen LogP contribution in [0.1, 0.15) is 24.2 Å². The number of rotatable bonds is 4. The number of pyridine rings is 1. The fourth-order valence-corrected chi connectivity index (χ4v) is 4.56. The van der Waals surface area contributed by atoms with E-state index in [1.807, 2.05) is 24.3 Å². The number of fused-ring (bicyclic) bond motifs is 1. The molecule has 0 N–H and O–H groups in total. The van der Waals surface area contributed by atoms with E-state index in [2.05, 4.69) is 4.90 Å². The number of hydrogen-bond acceptors (Lipinski definition) is 5. The van der Waals surface area contributed by atoms with Crippen LogP contribution in [0.3, 0.4) is 0 Å². The zero-order valence-corrected chi connectivity index (χ0v) is 19.6. The van der Waals surface area contributed by atoms with Crippen molar-refractivity contribution in [3.63, 3.8) is 0 Å². The second-order valence-electron chi connectivity index (χ2n) is 7.99. The van der Waals surface area contributed by atoms with Crippen LogP contribution in [0.25, 0.3) is 11.0 Å². The van der Waals surface area contributed by atoms with Gasteiger partial charge < -0.3 is 9.80 Å². The number of benzene rings is 1. The topological polar surface area (TPSA) is 89.6 Å². The highest BCUT2D eigenvalue weighted by molar-refractivity contribution is 6.30. The van der Waals surface area contributed by atoms with E-state index in [-0.39, 0.29) is 35.6 Å². The number of aromatic nitrogens is 3. The summed E-state index contributed by atoms with van der Waals surface area (Å²) in [5, 5.41) is 0.763. The molecule has 174 valence electrons. The van der Waals surface area contributed by atoms with Crippen molar-refractivity contribution < 1.29 is 4.79 Å². The quantitative estimate of drug-likeness (QED) is 0.575. The van der Waals surface area contributed by atoms with Crippen molar-refractivity contribution in [3.8, 4) is 0 Å². The Morgan fingerprint density at radius 1 is 0.939 bits per heavy atom. The molecule has 9 nitrogen and oxygen atoms in total. The Kier molecular flexibility index (Phi) is 6.16. The molecule has 1 amide bonds. The molecule has 0 unspecified atom stereocenters. The van der Waals surface area contributed by atoms with Gasteiger partial charge >= 0.3 is 5.69 Å². The first kappa shape index (κ1) is 22.8. The highest BCUT2D eigenvalue weighted by Crippen LogP contribution is 2.21. The summed E-state index contributed by atoms with van der Waals surface area (Å²) in [5.74, 6) is -0.380. The van der Waals surface area contributed by atoms with Crippen LogP contribution in [0.2, 0.25) is 5.02 Å². The van der Waals surface area contributed by atoms with Crippen molar-refractivity contribution in [1.82, 2.24) is 18.6 Å². The van der Waals surface area contributed by atoms with E-state index in [0.717, 1.165) is 10.3 Å². The second-order valence-corrected chi connectivity index (χ2v) is 8.42. The van der Waals surface area contributed by atoms with Gasteiger partial charge in [0.2, 0.25) is 0 Å². The monoisotopic (exact) mass is 471 g/mol. The Hall–Kier alpha value is -3.33. The molecule has 4 rings (SSSR count). The largest absolute Gasteiger partial charge is 0.368 e. The van der Waals surface area contributed by atoms with Gasteiger partial charge in [-0.3, -0.25) is 28.1 Å². The third-order valence-electron chi connectivity index (χ3n) is 6.20. The van der Waals surface area contributed by atoms with Crippen LogP contribution in [-0.4, -0.2) is 50.7 Å². The van der Waals surface area contributed by atoms with Crippen molar-refractivity contribution >= 4 is 34.2 Å². The first-order chi connectivity index (χ1) is 15.8. The second kappa shape index (κ2) is 8.90. The van der Waals surface area contributed by atoms with E-state index < -0.39 is 16.8 Å². The number of aryl methyl sites for hydroxylation is 2. The Morgan fingerprint density at radius 2 is 1.55 bits per heavy atom. The summed E-state index contributed by atoms with van der Waals surface area (Å²) in [5.41, 5.74) is -0.255. The zero-order valence-electron chi connectivity index (χ0n) is 18.9. The predicted octanol–water partition coefficient (Wildman–Crippen LogP) is 1.52. The van der Waals surface area contributed by atoms with E-state index in [0.29, 0.717) is 31.2 Å². The van der Waals surface area contributed by atoms with Crippen LogP contribution >= 0.6 is 11.6 Å². The first-order valence-electron chi connectivity index (χ1n) is 11.0. The van der Waals surface area contributed by atoms with Gasteiger partial charge in [-0.1, -0.05) is 11.6 Å². The molecule has 1 aliphatic rings. The predicted molar refractivity (Wildman–Crippen MR) is 129 cm³/mol. The molecule has 0 atom stereocenters. The Labute approximate surface area is 195 Å². The van der Waals surface area contributed by atoms with Crippen molar-refractivity contribution in [2.75, 3.05) is 31.1 Å². The van der Waals surface area contributed by atoms with Crippen molar-refractivity contribution in [1.29, 1.82) is 0 Å². The molecular formula is C23H26ClN5O4. The maximum absolute atomic E-state index is 13.5. The van der Waals surface area contributed by atoms with E-state index in [9.17, 15) is 19.2 Å². The molecule has 1 fully saturated rings. The summed E-state index contributed by atoms with van der Waals surface area (Å²) < 4.78 is 3.72. The minimum absolute atomic E-state index is 0.0439. The van der Waals surface area contributed by atoms with Gasteiger partial charge in [-0.15, -0.1) is 0 Å². The molecule has 0 radical (unpaired) electrons. The maximum Gasteiger partial charge on any atom is 0.332 e. The molecule has 3 heterocycles. The Balaban J connectivity index is 1.76. The first-order valence-corrected chi connectivity index (χ1v) is 11.3. The SMILES string of the molecule is CCn1c(=O)c2c(C(=O)N3CCN(c4ccc(Cl)cc4)CC3)cc(=O)n(CC)c2n(C)c1=O. The third kappa shape index (κ3) is 3.86. The Morgan fingerprint density at radius 3 is 2.12 bits per heavy atom. The summed E-state index contributed by atoms with van der Waals surface area (Å²) in [6, 6.07) is 8.75. The number of carbonyl (C=O) groups is 1. The standard InChI is InChI=1S/C23H26ClN5O4/c1-4-28-18(30)14-17(19-20(28)25(3)23(33)29(5-2)22(19)32)21(31)27-12-10-26(11-13-27)16-8-6-15(24)7-9-16/h6-9,14H,4-5,10-13H2,1-3H3. The molecule has 3 aromatic rings. The summed E-state index contributed by atoms with van der Waals surface area (Å²) in [4.78, 5) is 56.0.